The van der Waals surface area contributed by atoms with Crippen LogP contribution in [0.5, 0.6) is 0 Å². The first-order valence-corrected chi connectivity index (χ1v) is 6.61. The Morgan fingerprint density at radius 3 is 2.78 bits per heavy atom. The van der Waals surface area contributed by atoms with Crippen molar-refractivity contribution in [2.75, 3.05) is 0 Å². The maximum absolute atomic E-state index is 11.9. The fourth-order valence-corrected chi connectivity index (χ4v) is 2.10. The number of hydrogen-bond acceptors (Lipinski definition) is 3. The van der Waals surface area contributed by atoms with Gasteiger partial charge in [0.25, 0.3) is 5.56 Å². The van der Waals surface area contributed by atoms with Crippen LogP contribution in [0.1, 0.15) is 25.1 Å². The molecule has 0 saturated heterocycles. The lowest BCUT2D eigenvalue weighted by Crippen LogP contribution is -2.15. The van der Waals surface area contributed by atoms with E-state index in [1.807, 2.05) is 13.0 Å². The Morgan fingerprint density at radius 2 is 2.22 bits per heavy atom. The second kappa shape index (κ2) is 5.10. The van der Waals surface area contributed by atoms with E-state index in [9.17, 15) is 4.79 Å². The summed E-state index contributed by atoms with van der Waals surface area (Å²) in [7, 11) is 0. The summed E-state index contributed by atoms with van der Waals surface area (Å²) in [5, 5.41) is 0. The third-order valence-corrected chi connectivity index (χ3v) is 3.43. The molecule has 0 bridgehead atoms. The molecule has 0 fully saturated rings. The molecule has 96 valence electrons. The number of H-pyrrole nitrogens is 1. The first-order chi connectivity index (χ1) is 8.49. The van der Waals surface area contributed by atoms with Crippen LogP contribution in [0.4, 0.5) is 0 Å². The van der Waals surface area contributed by atoms with Gasteiger partial charge >= 0.3 is 0 Å². The van der Waals surface area contributed by atoms with Gasteiger partial charge in [-0.3, -0.25) is 4.79 Å². The second-order valence-electron chi connectivity index (χ2n) is 4.71. The first kappa shape index (κ1) is 13.1. The summed E-state index contributed by atoms with van der Waals surface area (Å²) < 4.78 is 5.86. The molecule has 0 aromatic carbocycles. The highest BCUT2D eigenvalue weighted by atomic mass is 79.9. The van der Waals surface area contributed by atoms with Gasteiger partial charge in [0.2, 0.25) is 0 Å². The Balaban J connectivity index is 2.54. The summed E-state index contributed by atoms with van der Waals surface area (Å²) in [5.74, 6) is 1.53. The van der Waals surface area contributed by atoms with Crippen molar-refractivity contribution in [2.24, 2.45) is 5.92 Å². The summed E-state index contributed by atoms with van der Waals surface area (Å²) in [6.45, 7) is 6.10. The van der Waals surface area contributed by atoms with Crippen LogP contribution in [0.15, 0.2) is 26.0 Å². The van der Waals surface area contributed by atoms with Gasteiger partial charge in [-0.05, 0) is 46.8 Å². The van der Waals surface area contributed by atoms with E-state index in [2.05, 4.69) is 39.7 Å². The van der Waals surface area contributed by atoms with E-state index in [-0.39, 0.29) is 5.56 Å². The Hall–Kier alpha value is -1.36. The van der Waals surface area contributed by atoms with Gasteiger partial charge in [0.15, 0.2) is 11.6 Å². The first-order valence-electron chi connectivity index (χ1n) is 5.82. The maximum Gasteiger partial charge on any atom is 0.265 e. The number of aromatic amines is 1. The molecule has 0 aliphatic heterocycles. The number of aromatic nitrogens is 2. The van der Waals surface area contributed by atoms with Gasteiger partial charge in [0.1, 0.15) is 4.47 Å². The lowest BCUT2D eigenvalue weighted by Gasteiger charge is -2.08. The van der Waals surface area contributed by atoms with Crippen LogP contribution >= 0.6 is 15.9 Å². The van der Waals surface area contributed by atoms with Gasteiger partial charge in [0, 0.05) is 0 Å². The van der Waals surface area contributed by atoms with Crippen LogP contribution in [0, 0.1) is 12.8 Å². The Morgan fingerprint density at radius 1 is 1.50 bits per heavy atom. The van der Waals surface area contributed by atoms with Gasteiger partial charge in [-0.25, -0.2) is 4.98 Å². The van der Waals surface area contributed by atoms with Crippen molar-refractivity contribution in [3.8, 4) is 11.6 Å². The highest BCUT2D eigenvalue weighted by Crippen LogP contribution is 2.22. The number of hydrogen-bond donors (Lipinski definition) is 1. The number of nitrogens with zero attached hydrogens (tertiary/aromatic N) is 1. The van der Waals surface area contributed by atoms with Gasteiger partial charge in [0.05, 0.1) is 12.0 Å². The quantitative estimate of drug-likeness (QED) is 0.946. The van der Waals surface area contributed by atoms with E-state index < -0.39 is 0 Å². The molecule has 18 heavy (non-hydrogen) atoms. The normalized spacial score (nSPS) is 11.2. The van der Waals surface area contributed by atoms with E-state index >= 15 is 0 Å². The minimum atomic E-state index is -0.175. The summed E-state index contributed by atoms with van der Waals surface area (Å²) in [6.07, 6.45) is 2.34. The third-order valence-electron chi connectivity index (χ3n) is 2.61. The molecule has 0 unspecified atom stereocenters. The number of nitrogens with one attached hydrogen (secondary N) is 1. The molecule has 4 nitrogen and oxygen atoms in total. The zero-order valence-electron chi connectivity index (χ0n) is 10.6. The van der Waals surface area contributed by atoms with Gasteiger partial charge < -0.3 is 9.40 Å². The highest BCUT2D eigenvalue weighted by molar-refractivity contribution is 9.10. The molecule has 2 heterocycles. The molecule has 2 aromatic heterocycles. The molecule has 5 heteroatoms. The SMILES string of the molecule is Cc1ccoc1-c1nc(CC(C)C)c(Br)c(=O)[nH]1. The molecule has 0 spiro atoms. The summed E-state index contributed by atoms with van der Waals surface area (Å²) >= 11 is 3.29. The third kappa shape index (κ3) is 2.56. The van der Waals surface area contributed by atoms with Gasteiger partial charge in [-0.2, -0.15) is 0 Å². The Labute approximate surface area is 114 Å². The van der Waals surface area contributed by atoms with Crippen LogP contribution in [-0.2, 0) is 6.42 Å². The van der Waals surface area contributed by atoms with Crippen molar-refractivity contribution in [2.45, 2.75) is 27.2 Å². The van der Waals surface area contributed by atoms with Crippen LogP contribution in [0.2, 0.25) is 0 Å². The molecular weight excluding hydrogens is 296 g/mol. The van der Waals surface area contributed by atoms with Gasteiger partial charge in [-0.1, -0.05) is 13.8 Å². The van der Waals surface area contributed by atoms with Crippen LogP contribution in [0.3, 0.4) is 0 Å². The molecule has 2 rings (SSSR count). The zero-order valence-corrected chi connectivity index (χ0v) is 12.2. The molecule has 2 aromatic rings. The standard InChI is InChI=1S/C13H15BrN2O2/c1-7(2)6-9-10(14)13(17)16-12(15-9)11-8(3)4-5-18-11/h4-5,7H,6H2,1-3H3,(H,15,16,17). The number of aryl methyl sites for hydroxylation is 1. The second-order valence-corrected chi connectivity index (χ2v) is 5.50. The molecule has 0 radical (unpaired) electrons. The summed E-state index contributed by atoms with van der Waals surface area (Å²) in [5.41, 5.74) is 1.54. The fraction of sp³-hybridized carbons (Fsp3) is 0.385. The smallest absolute Gasteiger partial charge is 0.265 e. The van der Waals surface area contributed by atoms with E-state index in [0.717, 1.165) is 17.7 Å². The molecule has 0 aliphatic carbocycles. The Kier molecular flexibility index (Phi) is 3.71. The molecule has 0 aliphatic rings. The molecule has 1 N–H and O–H groups in total. The predicted molar refractivity (Wildman–Crippen MR) is 73.5 cm³/mol. The lowest BCUT2D eigenvalue weighted by molar-refractivity contribution is 0.572. The predicted octanol–water partition coefficient (Wildman–Crippen LogP) is 3.30. The van der Waals surface area contributed by atoms with Crippen LogP contribution in [0.25, 0.3) is 11.6 Å². The average molecular weight is 311 g/mol. The van der Waals surface area contributed by atoms with Crippen molar-refractivity contribution in [3.63, 3.8) is 0 Å². The van der Waals surface area contributed by atoms with Crippen molar-refractivity contribution in [3.05, 3.63) is 38.4 Å². The largest absolute Gasteiger partial charge is 0.461 e. The fourth-order valence-electron chi connectivity index (χ4n) is 1.75. The van der Waals surface area contributed by atoms with Crippen molar-refractivity contribution < 1.29 is 4.42 Å². The number of halogens is 1. The van der Waals surface area contributed by atoms with Crippen LogP contribution in [-0.4, -0.2) is 9.97 Å². The number of rotatable bonds is 3. The zero-order chi connectivity index (χ0) is 13.3. The van der Waals surface area contributed by atoms with E-state index in [1.165, 1.54) is 0 Å². The lowest BCUT2D eigenvalue weighted by atomic mass is 10.1. The molecular formula is C13H15BrN2O2. The van der Waals surface area contributed by atoms with Crippen LogP contribution < -0.4 is 5.56 Å². The maximum atomic E-state index is 11.9. The van der Waals surface area contributed by atoms with Crippen molar-refractivity contribution in [1.82, 2.24) is 9.97 Å². The average Bonchev–Trinajstić information content (AvgIpc) is 2.70. The summed E-state index contributed by atoms with van der Waals surface area (Å²) in [4.78, 5) is 19.1. The van der Waals surface area contributed by atoms with E-state index in [1.54, 1.807) is 6.26 Å². The Bertz CT molecular complexity index is 614. The monoisotopic (exact) mass is 310 g/mol. The van der Waals surface area contributed by atoms with E-state index in [0.29, 0.717) is 22.0 Å². The summed E-state index contributed by atoms with van der Waals surface area (Å²) in [6, 6.07) is 1.85. The van der Waals surface area contributed by atoms with E-state index in [4.69, 9.17) is 4.42 Å². The van der Waals surface area contributed by atoms with Gasteiger partial charge in [-0.15, -0.1) is 0 Å². The topological polar surface area (TPSA) is 58.9 Å². The number of furan rings is 1. The molecule has 0 saturated carbocycles. The molecule has 0 atom stereocenters. The van der Waals surface area contributed by atoms with Crippen molar-refractivity contribution in [1.29, 1.82) is 0 Å². The molecule has 0 amide bonds. The minimum absolute atomic E-state index is 0.175. The minimum Gasteiger partial charge on any atom is -0.461 e. The van der Waals surface area contributed by atoms with Crippen molar-refractivity contribution >= 4 is 15.9 Å². The highest BCUT2D eigenvalue weighted by Gasteiger charge is 2.14.